The van der Waals surface area contributed by atoms with E-state index in [1.807, 2.05) is 73.7 Å². The first-order chi connectivity index (χ1) is 17.3. The van der Waals surface area contributed by atoms with Crippen molar-refractivity contribution in [3.63, 3.8) is 0 Å². The van der Waals surface area contributed by atoms with Crippen LogP contribution in [0.15, 0.2) is 113 Å². The van der Waals surface area contributed by atoms with Crippen LogP contribution in [0.1, 0.15) is 27.8 Å². The third kappa shape index (κ3) is 4.86. The molecule has 4 rings (SSSR count). The lowest BCUT2D eigenvalue weighted by Gasteiger charge is -2.38. The molecule has 0 saturated heterocycles. The largest absolute Gasteiger partial charge is 0.394 e. The van der Waals surface area contributed by atoms with E-state index in [0.29, 0.717) is 11.1 Å². The molecule has 4 aromatic carbocycles. The summed E-state index contributed by atoms with van der Waals surface area (Å²) < 4.78 is 33.9. The summed E-state index contributed by atoms with van der Waals surface area (Å²) in [6.45, 7) is 3.08. The lowest BCUT2D eigenvalue weighted by molar-refractivity contribution is -0.0527. The number of aryl methyl sites for hydroxylation is 1. The van der Waals surface area contributed by atoms with Crippen molar-refractivity contribution in [1.82, 2.24) is 0 Å². The van der Waals surface area contributed by atoms with E-state index in [1.54, 1.807) is 43.3 Å². The SMILES string of the molecule is Cc1ccc(S(=O)(=O)c2cccc(C(OCC(O)CO)(c3ccccc3)c3ccccc3)c2C)cc1. The van der Waals surface area contributed by atoms with E-state index in [4.69, 9.17) is 4.74 Å². The van der Waals surface area contributed by atoms with Crippen molar-refractivity contribution in [3.05, 3.63) is 131 Å². The molecule has 2 N–H and O–H groups in total. The van der Waals surface area contributed by atoms with Gasteiger partial charge in [-0.15, -0.1) is 0 Å². The summed E-state index contributed by atoms with van der Waals surface area (Å²) in [4.78, 5) is 0.404. The molecule has 186 valence electrons. The van der Waals surface area contributed by atoms with Crippen LogP contribution < -0.4 is 0 Å². The Morgan fingerprint density at radius 1 is 0.778 bits per heavy atom. The van der Waals surface area contributed by atoms with Crippen LogP contribution in [0.2, 0.25) is 0 Å². The maximum atomic E-state index is 13.7. The van der Waals surface area contributed by atoms with Crippen molar-refractivity contribution in [3.8, 4) is 0 Å². The molecule has 0 aliphatic rings. The van der Waals surface area contributed by atoms with Gasteiger partial charge in [0.2, 0.25) is 9.84 Å². The van der Waals surface area contributed by atoms with Crippen LogP contribution in [0.25, 0.3) is 0 Å². The van der Waals surface area contributed by atoms with Crippen LogP contribution in [0.5, 0.6) is 0 Å². The summed E-state index contributed by atoms with van der Waals surface area (Å²) in [6.07, 6.45) is -1.10. The molecule has 0 heterocycles. The Morgan fingerprint density at radius 3 is 1.86 bits per heavy atom. The molecule has 0 fully saturated rings. The van der Waals surface area contributed by atoms with Gasteiger partial charge in [-0.3, -0.25) is 0 Å². The van der Waals surface area contributed by atoms with E-state index in [9.17, 15) is 18.6 Å². The number of sulfone groups is 1. The molecule has 0 radical (unpaired) electrons. The zero-order chi connectivity index (χ0) is 25.8. The van der Waals surface area contributed by atoms with E-state index in [1.165, 1.54) is 0 Å². The minimum atomic E-state index is -3.81. The summed E-state index contributed by atoms with van der Waals surface area (Å²) in [5.41, 5.74) is 2.47. The second kappa shape index (κ2) is 10.8. The minimum Gasteiger partial charge on any atom is -0.394 e. The molecule has 0 amide bonds. The zero-order valence-corrected chi connectivity index (χ0v) is 21.2. The van der Waals surface area contributed by atoms with Gasteiger partial charge in [0, 0.05) is 0 Å². The van der Waals surface area contributed by atoms with E-state index < -0.39 is 28.1 Å². The van der Waals surface area contributed by atoms with Gasteiger partial charge in [0.15, 0.2) is 0 Å². The quantitative estimate of drug-likeness (QED) is 0.321. The van der Waals surface area contributed by atoms with Gasteiger partial charge in [0.05, 0.1) is 23.0 Å². The summed E-state index contributed by atoms with van der Waals surface area (Å²) in [6, 6.07) is 31.0. The monoisotopic (exact) mass is 502 g/mol. The van der Waals surface area contributed by atoms with Gasteiger partial charge < -0.3 is 14.9 Å². The molecule has 0 aliphatic heterocycles. The normalized spacial score (nSPS) is 12.9. The number of aliphatic hydroxyl groups is 2. The lowest BCUT2D eigenvalue weighted by atomic mass is 9.78. The van der Waals surface area contributed by atoms with Crippen LogP contribution in [-0.4, -0.2) is 37.9 Å². The fraction of sp³-hybridized carbons (Fsp3) is 0.200. The number of rotatable bonds is 9. The highest BCUT2D eigenvalue weighted by molar-refractivity contribution is 7.91. The summed E-state index contributed by atoms with van der Waals surface area (Å²) in [7, 11) is -3.81. The van der Waals surface area contributed by atoms with Gasteiger partial charge in [-0.05, 0) is 54.3 Å². The molecule has 6 heteroatoms. The van der Waals surface area contributed by atoms with Gasteiger partial charge in [0.1, 0.15) is 11.7 Å². The summed E-state index contributed by atoms with van der Waals surface area (Å²) in [5, 5.41) is 19.7. The highest BCUT2D eigenvalue weighted by Crippen LogP contribution is 2.43. The Hall–Kier alpha value is -3.29. The highest BCUT2D eigenvalue weighted by atomic mass is 32.2. The van der Waals surface area contributed by atoms with Crippen molar-refractivity contribution >= 4 is 9.84 Å². The van der Waals surface area contributed by atoms with E-state index in [0.717, 1.165) is 16.7 Å². The predicted molar refractivity (Wildman–Crippen MR) is 140 cm³/mol. The van der Waals surface area contributed by atoms with Crippen molar-refractivity contribution in [2.45, 2.75) is 35.3 Å². The van der Waals surface area contributed by atoms with E-state index >= 15 is 0 Å². The van der Waals surface area contributed by atoms with Gasteiger partial charge in [-0.25, -0.2) is 8.42 Å². The molecular weight excluding hydrogens is 472 g/mol. The third-order valence-corrected chi connectivity index (χ3v) is 8.26. The number of aliphatic hydroxyl groups excluding tert-OH is 2. The molecule has 1 unspecified atom stereocenters. The van der Waals surface area contributed by atoms with Crippen LogP contribution in [0.3, 0.4) is 0 Å². The molecule has 4 aromatic rings. The Kier molecular flexibility index (Phi) is 7.71. The molecule has 0 spiro atoms. The summed E-state index contributed by atoms with van der Waals surface area (Å²) >= 11 is 0. The Balaban J connectivity index is 2.00. The molecule has 0 aromatic heterocycles. The van der Waals surface area contributed by atoms with Crippen molar-refractivity contribution in [2.24, 2.45) is 0 Å². The van der Waals surface area contributed by atoms with Gasteiger partial charge in [-0.1, -0.05) is 90.5 Å². The topological polar surface area (TPSA) is 83.8 Å². The van der Waals surface area contributed by atoms with Gasteiger partial charge in [0.25, 0.3) is 0 Å². The standard InChI is InChI=1S/C30H30O5S/c1-22-16-18-27(19-17-22)36(33,34)29-15-9-14-28(23(29)2)30(35-21-26(32)20-31,24-10-5-3-6-11-24)25-12-7-4-8-13-25/h3-19,26,31-32H,20-21H2,1-2H3. The summed E-state index contributed by atoms with van der Waals surface area (Å²) in [5.74, 6) is 0. The zero-order valence-electron chi connectivity index (χ0n) is 20.3. The highest BCUT2D eigenvalue weighted by Gasteiger charge is 2.40. The van der Waals surface area contributed by atoms with Gasteiger partial charge >= 0.3 is 0 Å². The second-order valence-electron chi connectivity index (χ2n) is 8.81. The number of hydrogen-bond acceptors (Lipinski definition) is 5. The number of benzene rings is 4. The third-order valence-electron chi connectivity index (χ3n) is 6.35. The predicted octanol–water partition coefficient (Wildman–Crippen LogP) is 4.80. The molecule has 1 atom stereocenters. The molecular formula is C30H30O5S. The maximum Gasteiger partial charge on any atom is 0.206 e. The molecule has 5 nitrogen and oxygen atoms in total. The smallest absolute Gasteiger partial charge is 0.206 e. The van der Waals surface area contributed by atoms with E-state index in [2.05, 4.69) is 0 Å². The van der Waals surface area contributed by atoms with Crippen molar-refractivity contribution in [1.29, 1.82) is 0 Å². The van der Waals surface area contributed by atoms with Crippen molar-refractivity contribution < 1.29 is 23.4 Å². The first kappa shape index (κ1) is 25.8. The van der Waals surface area contributed by atoms with Crippen LogP contribution in [0.4, 0.5) is 0 Å². The fourth-order valence-corrected chi connectivity index (χ4v) is 5.99. The average Bonchev–Trinajstić information content (AvgIpc) is 2.91. The molecule has 36 heavy (non-hydrogen) atoms. The second-order valence-corrected chi connectivity index (χ2v) is 10.7. The minimum absolute atomic E-state index is 0.158. The molecule has 0 bridgehead atoms. The Morgan fingerprint density at radius 2 is 1.33 bits per heavy atom. The Labute approximate surface area is 212 Å². The molecule has 0 aliphatic carbocycles. The number of ether oxygens (including phenoxy) is 1. The molecule has 0 saturated carbocycles. The fourth-order valence-electron chi connectivity index (χ4n) is 4.47. The van der Waals surface area contributed by atoms with E-state index in [-0.39, 0.29) is 16.4 Å². The van der Waals surface area contributed by atoms with Crippen LogP contribution >= 0.6 is 0 Å². The van der Waals surface area contributed by atoms with Crippen molar-refractivity contribution in [2.75, 3.05) is 13.2 Å². The first-order valence-electron chi connectivity index (χ1n) is 11.8. The van der Waals surface area contributed by atoms with Gasteiger partial charge in [-0.2, -0.15) is 0 Å². The average molecular weight is 503 g/mol. The Bertz CT molecular complexity index is 1360. The maximum absolute atomic E-state index is 13.7. The van der Waals surface area contributed by atoms with Crippen LogP contribution in [0, 0.1) is 13.8 Å². The number of hydrogen-bond donors (Lipinski definition) is 2. The lowest BCUT2D eigenvalue weighted by Crippen LogP contribution is -2.37. The van der Waals surface area contributed by atoms with Crippen LogP contribution in [-0.2, 0) is 20.2 Å². The first-order valence-corrected chi connectivity index (χ1v) is 13.2.